The summed E-state index contributed by atoms with van der Waals surface area (Å²) in [6, 6.07) is 22.8. The SMILES string of the molecule is COc1ccccc1-c1cc(-c2ccccc2OC)c(C(C)C)c(-c2c(OC)ccc(OC)c2I)c1C(C)C. The highest BCUT2D eigenvalue weighted by Gasteiger charge is 2.29. The van der Waals surface area contributed by atoms with E-state index >= 15 is 0 Å². The van der Waals surface area contributed by atoms with Gasteiger partial charge in [-0.1, -0.05) is 64.1 Å². The standard InChI is InChI=1S/C34H37IO4/c1-20(2)30-24(22-13-9-11-15-26(22)36-5)19-25(23-14-10-12-16-27(23)37-6)31(21(3)4)33(30)32-28(38-7)17-18-29(39-8)34(32)35/h9-21H,1-8H3. The molecule has 4 rings (SSSR count). The highest BCUT2D eigenvalue weighted by Crippen LogP contribution is 2.53. The number of ether oxygens (including phenoxy) is 4. The molecule has 204 valence electrons. The van der Waals surface area contributed by atoms with Crippen LogP contribution in [-0.2, 0) is 0 Å². The van der Waals surface area contributed by atoms with Crippen molar-refractivity contribution in [1.82, 2.24) is 0 Å². The van der Waals surface area contributed by atoms with Gasteiger partial charge in [0.05, 0.1) is 32.0 Å². The quantitative estimate of drug-likeness (QED) is 0.172. The molecule has 0 unspecified atom stereocenters. The minimum absolute atomic E-state index is 0.204. The Kier molecular flexibility index (Phi) is 9.11. The fraction of sp³-hybridized carbons (Fsp3) is 0.294. The first kappa shape index (κ1) is 28.8. The minimum Gasteiger partial charge on any atom is -0.496 e. The summed E-state index contributed by atoms with van der Waals surface area (Å²) in [6.45, 7) is 9.02. The van der Waals surface area contributed by atoms with Gasteiger partial charge in [-0.15, -0.1) is 0 Å². The van der Waals surface area contributed by atoms with Crippen LogP contribution in [-0.4, -0.2) is 28.4 Å². The Labute approximate surface area is 246 Å². The van der Waals surface area contributed by atoms with Gasteiger partial charge in [-0.3, -0.25) is 0 Å². The molecular weight excluding hydrogens is 599 g/mol. The lowest BCUT2D eigenvalue weighted by molar-refractivity contribution is 0.402. The highest BCUT2D eigenvalue weighted by atomic mass is 127. The van der Waals surface area contributed by atoms with Crippen molar-refractivity contribution < 1.29 is 18.9 Å². The molecule has 0 aromatic heterocycles. The second-order valence-corrected chi connectivity index (χ2v) is 11.1. The average molecular weight is 637 g/mol. The van der Waals surface area contributed by atoms with Gasteiger partial charge in [0.25, 0.3) is 0 Å². The third-order valence-electron chi connectivity index (χ3n) is 7.11. The van der Waals surface area contributed by atoms with Crippen molar-refractivity contribution in [3.63, 3.8) is 0 Å². The predicted molar refractivity (Wildman–Crippen MR) is 170 cm³/mol. The van der Waals surface area contributed by atoms with E-state index in [-0.39, 0.29) is 11.8 Å². The van der Waals surface area contributed by atoms with Crippen LogP contribution in [0.15, 0.2) is 66.7 Å². The lowest BCUT2D eigenvalue weighted by Gasteiger charge is -2.29. The molecule has 0 amide bonds. The molecule has 4 aromatic rings. The molecule has 0 radical (unpaired) electrons. The van der Waals surface area contributed by atoms with Crippen molar-refractivity contribution in [2.24, 2.45) is 0 Å². The lowest BCUT2D eigenvalue weighted by atomic mass is 9.76. The number of hydrogen-bond donors (Lipinski definition) is 0. The molecular formula is C34H37IO4. The molecule has 0 atom stereocenters. The zero-order chi connectivity index (χ0) is 28.3. The van der Waals surface area contributed by atoms with E-state index in [2.05, 4.69) is 80.6 Å². The van der Waals surface area contributed by atoms with E-state index in [1.165, 1.54) is 16.7 Å². The van der Waals surface area contributed by atoms with Gasteiger partial charge in [0, 0.05) is 16.7 Å². The summed E-state index contributed by atoms with van der Waals surface area (Å²) < 4.78 is 24.6. The van der Waals surface area contributed by atoms with Crippen LogP contribution in [0.5, 0.6) is 23.0 Å². The van der Waals surface area contributed by atoms with Gasteiger partial charge in [-0.2, -0.15) is 0 Å². The number of halogens is 1. The lowest BCUT2D eigenvalue weighted by Crippen LogP contribution is -2.08. The van der Waals surface area contributed by atoms with Crippen LogP contribution < -0.4 is 18.9 Å². The molecule has 0 spiro atoms. The monoisotopic (exact) mass is 636 g/mol. The van der Waals surface area contributed by atoms with E-state index in [0.717, 1.165) is 54.4 Å². The molecule has 0 bridgehead atoms. The molecule has 0 aliphatic carbocycles. The van der Waals surface area contributed by atoms with Crippen molar-refractivity contribution in [2.75, 3.05) is 28.4 Å². The van der Waals surface area contributed by atoms with Gasteiger partial charge in [-0.25, -0.2) is 0 Å². The van der Waals surface area contributed by atoms with Crippen LogP contribution in [0.25, 0.3) is 33.4 Å². The van der Waals surface area contributed by atoms with Gasteiger partial charge in [0.1, 0.15) is 23.0 Å². The van der Waals surface area contributed by atoms with E-state index in [9.17, 15) is 0 Å². The second-order valence-electron chi connectivity index (χ2n) is 10.0. The first-order chi connectivity index (χ1) is 18.8. The van der Waals surface area contributed by atoms with Gasteiger partial charge in [0.15, 0.2) is 0 Å². The molecule has 4 nitrogen and oxygen atoms in total. The summed E-state index contributed by atoms with van der Waals surface area (Å²) in [7, 11) is 6.90. The van der Waals surface area contributed by atoms with Crippen molar-refractivity contribution >= 4 is 22.6 Å². The molecule has 0 heterocycles. The first-order valence-corrected chi connectivity index (χ1v) is 14.2. The number of benzene rings is 4. The molecule has 0 aliphatic heterocycles. The zero-order valence-corrected chi connectivity index (χ0v) is 26.2. The van der Waals surface area contributed by atoms with Gasteiger partial charge >= 0.3 is 0 Å². The summed E-state index contributed by atoms with van der Waals surface area (Å²) in [4.78, 5) is 0. The summed E-state index contributed by atoms with van der Waals surface area (Å²) in [6.07, 6.45) is 0. The normalized spacial score (nSPS) is 11.2. The van der Waals surface area contributed by atoms with E-state index in [4.69, 9.17) is 18.9 Å². The van der Waals surface area contributed by atoms with E-state index in [1.54, 1.807) is 28.4 Å². The maximum absolute atomic E-state index is 6.02. The third-order valence-corrected chi connectivity index (χ3v) is 8.19. The van der Waals surface area contributed by atoms with Gasteiger partial charge in [-0.05, 0) is 92.6 Å². The maximum atomic E-state index is 6.02. The predicted octanol–water partition coefficient (Wildman–Crippen LogP) is 9.57. The summed E-state index contributed by atoms with van der Waals surface area (Å²) in [5.74, 6) is 3.71. The van der Waals surface area contributed by atoms with Crippen molar-refractivity contribution in [3.8, 4) is 56.4 Å². The Hall–Kier alpha value is -3.19. The van der Waals surface area contributed by atoms with Crippen LogP contribution in [0, 0.1) is 3.57 Å². The van der Waals surface area contributed by atoms with Crippen LogP contribution >= 0.6 is 22.6 Å². The van der Waals surface area contributed by atoms with Crippen LogP contribution in [0.1, 0.15) is 50.7 Å². The molecule has 4 aromatic carbocycles. The largest absolute Gasteiger partial charge is 0.496 e. The van der Waals surface area contributed by atoms with E-state index in [0.29, 0.717) is 0 Å². The molecule has 39 heavy (non-hydrogen) atoms. The Morgan fingerprint density at radius 2 is 0.897 bits per heavy atom. The topological polar surface area (TPSA) is 36.9 Å². The van der Waals surface area contributed by atoms with Crippen molar-refractivity contribution in [1.29, 1.82) is 0 Å². The zero-order valence-electron chi connectivity index (χ0n) is 24.0. The number of hydrogen-bond acceptors (Lipinski definition) is 4. The summed E-state index contributed by atoms with van der Waals surface area (Å²) >= 11 is 2.40. The number of rotatable bonds is 9. The fourth-order valence-corrected chi connectivity index (χ4v) is 6.40. The Bertz CT molecular complexity index is 1400. The minimum atomic E-state index is 0.204. The highest BCUT2D eigenvalue weighted by molar-refractivity contribution is 14.1. The second kappa shape index (κ2) is 12.3. The molecule has 0 saturated carbocycles. The van der Waals surface area contributed by atoms with Crippen molar-refractivity contribution in [2.45, 2.75) is 39.5 Å². The summed E-state index contributed by atoms with van der Waals surface area (Å²) in [5, 5.41) is 0. The molecule has 0 saturated heterocycles. The maximum Gasteiger partial charge on any atom is 0.133 e. The van der Waals surface area contributed by atoms with Gasteiger partial charge < -0.3 is 18.9 Å². The molecule has 0 aliphatic rings. The van der Waals surface area contributed by atoms with Gasteiger partial charge in [0.2, 0.25) is 0 Å². The molecule has 0 fully saturated rings. The Morgan fingerprint density at radius 3 is 1.31 bits per heavy atom. The van der Waals surface area contributed by atoms with Crippen molar-refractivity contribution in [3.05, 3.63) is 81.4 Å². The van der Waals surface area contributed by atoms with E-state index < -0.39 is 0 Å². The van der Waals surface area contributed by atoms with Crippen LogP contribution in [0.3, 0.4) is 0 Å². The molecule has 0 N–H and O–H groups in total. The Morgan fingerprint density at radius 1 is 0.487 bits per heavy atom. The number of para-hydroxylation sites is 2. The smallest absolute Gasteiger partial charge is 0.133 e. The third kappa shape index (κ3) is 5.33. The van der Waals surface area contributed by atoms with Crippen LogP contribution in [0.2, 0.25) is 0 Å². The number of methoxy groups -OCH3 is 4. The summed E-state index contributed by atoms with van der Waals surface area (Å²) in [5.41, 5.74) is 9.05. The fourth-order valence-electron chi connectivity index (χ4n) is 5.46. The van der Waals surface area contributed by atoms with E-state index in [1.807, 2.05) is 36.4 Å². The first-order valence-electron chi connectivity index (χ1n) is 13.2. The molecule has 5 heteroatoms. The Balaban J connectivity index is 2.33. The average Bonchev–Trinajstić information content (AvgIpc) is 2.95. The van der Waals surface area contributed by atoms with Crippen LogP contribution in [0.4, 0.5) is 0 Å².